The third-order valence-corrected chi connectivity index (χ3v) is 5.05. The molecular weight excluding hydrogens is 465 g/mol. The molecule has 0 saturated carbocycles. The van der Waals surface area contributed by atoms with Crippen molar-refractivity contribution < 1.29 is 37.0 Å². The van der Waals surface area contributed by atoms with Gasteiger partial charge >= 0.3 is 18.2 Å². The number of alkyl halides is 3. The van der Waals surface area contributed by atoms with Crippen LogP contribution in [0.15, 0.2) is 54.7 Å². The number of benzene rings is 2. The van der Waals surface area contributed by atoms with Crippen LogP contribution in [-0.4, -0.2) is 41.3 Å². The van der Waals surface area contributed by atoms with Crippen LogP contribution >= 0.6 is 0 Å². The fourth-order valence-electron chi connectivity index (χ4n) is 3.51. The maximum atomic E-state index is 13.0. The summed E-state index contributed by atoms with van der Waals surface area (Å²) in [5.41, 5.74) is -0.920. The molecule has 1 N–H and O–H groups in total. The van der Waals surface area contributed by atoms with Gasteiger partial charge in [0.2, 0.25) is 0 Å². The first kappa shape index (κ1) is 25.8. The van der Waals surface area contributed by atoms with E-state index in [1.165, 1.54) is 16.8 Å². The molecule has 0 unspecified atom stereocenters. The Labute approximate surface area is 199 Å². The number of carbonyl (C=O) groups is 3. The Morgan fingerprint density at radius 2 is 1.71 bits per heavy atom. The van der Waals surface area contributed by atoms with E-state index in [-0.39, 0.29) is 12.0 Å². The molecule has 0 aliphatic heterocycles. The van der Waals surface area contributed by atoms with E-state index < -0.39 is 41.4 Å². The van der Waals surface area contributed by atoms with Crippen LogP contribution in [-0.2, 0) is 26.9 Å². The standard InChI is InChI=1S/C25H25F3N2O5/c1-24(2,3)35-23(33)30-14-16(18-10-5-6-11-20(18)30)13-19(22(32)34-4)29-21(31)15-8-7-9-17(12-15)25(26,27)28/h5-12,14,19H,13H2,1-4H3,(H,29,31)/t19-/m0/s1. The van der Waals surface area contributed by atoms with Crippen molar-refractivity contribution in [2.75, 3.05) is 7.11 Å². The summed E-state index contributed by atoms with van der Waals surface area (Å²) >= 11 is 0. The molecule has 0 aliphatic carbocycles. The predicted octanol–water partition coefficient (Wildman–Crippen LogP) is 4.96. The molecule has 0 bridgehead atoms. The number of aromatic nitrogens is 1. The molecule has 1 heterocycles. The topological polar surface area (TPSA) is 86.6 Å². The molecule has 1 aromatic heterocycles. The molecule has 2 aromatic carbocycles. The second kappa shape index (κ2) is 9.81. The highest BCUT2D eigenvalue weighted by Crippen LogP contribution is 2.29. The number of esters is 1. The smallest absolute Gasteiger partial charge is 0.419 e. The molecule has 1 atom stereocenters. The van der Waals surface area contributed by atoms with Gasteiger partial charge in [0, 0.05) is 23.6 Å². The SMILES string of the molecule is COC(=O)[C@H](Cc1cn(C(=O)OC(C)(C)C)c2ccccc12)NC(=O)c1cccc(C(F)(F)F)c1. The maximum Gasteiger partial charge on any atom is 0.419 e. The predicted molar refractivity (Wildman–Crippen MR) is 122 cm³/mol. The molecule has 0 radical (unpaired) electrons. The Balaban J connectivity index is 1.92. The zero-order chi connectivity index (χ0) is 26.0. The molecule has 3 aromatic rings. The van der Waals surface area contributed by atoms with Gasteiger partial charge in [-0.05, 0) is 50.6 Å². The lowest BCUT2D eigenvalue weighted by molar-refractivity contribution is -0.143. The van der Waals surface area contributed by atoms with Crippen molar-refractivity contribution >= 4 is 28.9 Å². The molecule has 186 valence electrons. The summed E-state index contributed by atoms with van der Waals surface area (Å²) in [5.74, 6) is -1.66. The van der Waals surface area contributed by atoms with E-state index in [0.717, 1.165) is 19.2 Å². The molecule has 3 rings (SSSR count). The monoisotopic (exact) mass is 490 g/mol. The number of nitrogens with one attached hydrogen (secondary N) is 1. The lowest BCUT2D eigenvalue weighted by Gasteiger charge is -2.19. The lowest BCUT2D eigenvalue weighted by atomic mass is 10.0. The molecular formula is C25H25F3N2O5. The van der Waals surface area contributed by atoms with Crippen LogP contribution in [0.25, 0.3) is 10.9 Å². The average molecular weight is 490 g/mol. The number of para-hydroxylation sites is 1. The van der Waals surface area contributed by atoms with Gasteiger partial charge in [0.25, 0.3) is 5.91 Å². The van der Waals surface area contributed by atoms with Gasteiger partial charge in [-0.1, -0.05) is 24.3 Å². The Kier molecular flexibility index (Phi) is 7.23. The summed E-state index contributed by atoms with van der Waals surface area (Å²) in [6, 6.07) is 9.59. The third kappa shape index (κ3) is 6.20. The highest BCUT2D eigenvalue weighted by atomic mass is 19.4. The van der Waals surface area contributed by atoms with Crippen molar-refractivity contribution in [2.45, 2.75) is 45.0 Å². The fourth-order valence-corrected chi connectivity index (χ4v) is 3.51. The van der Waals surface area contributed by atoms with Gasteiger partial charge in [-0.15, -0.1) is 0 Å². The summed E-state index contributed by atoms with van der Waals surface area (Å²) in [6.45, 7) is 5.19. The van der Waals surface area contributed by atoms with Crippen LogP contribution in [0.3, 0.4) is 0 Å². The van der Waals surface area contributed by atoms with E-state index in [4.69, 9.17) is 9.47 Å². The van der Waals surface area contributed by atoms with E-state index in [1.807, 2.05) is 0 Å². The molecule has 0 saturated heterocycles. The minimum Gasteiger partial charge on any atom is -0.467 e. The number of carbonyl (C=O) groups excluding carboxylic acids is 3. The number of hydrogen-bond acceptors (Lipinski definition) is 5. The summed E-state index contributed by atoms with van der Waals surface area (Å²) < 4.78 is 50.7. The van der Waals surface area contributed by atoms with E-state index in [2.05, 4.69) is 5.32 Å². The number of amides is 1. The van der Waals surface area contributed by atoms with Crippen LogP contribution in [0.5, 0.6) is 0 Å². The molecule has 1 amide bonds. The summed E-state index contributed by atoms with van der Waals surface area (Å²) in [5, 5.41) is 3.09. The van der Waals surface area contributed by atoms with Gasteiger partial charge in [0.15, 0.2) is 0 Å². The van der Waals surface area contributed by atoms with Crippen molar-refractivity contribution in [3.05, 3.63) is 71.4 Å². The Morgan fingerprint density at radius 3 is 2.34 bits per heavy atom. The molecule has 0 fully saturated rings. The second-order valence-corrected chi connectivity index (χ2v) is 8.85. The Morgan fingerprint density at radius 1 is 1.03 bits per heavy atom. The second-order valence-electron chi connectivity index (χ2n) is 8.85. The minimum atomic E-state index is -4.62. The Bertz CT molecular complexity index is 1260. The quantitative estimate of drug-likeness (QED) is 0.511. The zero-order valence-corrected chi connectivity index (χ0v) is 19.6. The molecule has 7 nitrogen and oxygen atoms in total. The van der Waals surface area contributed by atoms with Crippen molar-refractivity contribution in [2.24, 2.45) is 0 Å². The fraction of sp³-hybridized carbons (Fsp3) is 0.320. The molecule has 10 heteroatoms. The maximum absolute atomic E-state index is 13.0. The van der Waals surface area contributed by atoms with Crippen LogP contribution in [0.4, 0.5) is 18.0 Å². The van der Waals surface area contributed by atoms with Gasteiger partial charge in [-0.2, -0.15) is 13.2 Å². The number of nitrogens with zero attached hydrogens (tertiary/aromatic N) is 1. The average Bonchev–Trinajstić information content (AvgIpc) is 3.15. The summed E-state index contributed by atoms with van der Waals surface area (Å²) in [6.07, 6.45) is -3.82. The number of fused-ring (bicyclic) bond motifs is 1. The normalized spacial score (nSPS) is 12.8. The van der Waals surface area contributed by atoms with Crippen LogP contribution in [0.1, 0.15) is 42.3 Å². The first-order valence-electron chi connectivity index (χ1n) is 10.7. The lowest BCUT2D eigenvalue weighted by Crippen LogP contribution is -2.43. The number of halogens is 3. The minimum absolute atomic E-state index is 0.0757. The van der Waals surface area contributed by atoms with E-state index >= 15 is 0 Å². The first-order valence-corrected chi connectivity index (χ1v) is 10.7. The van der Waals surface area contributed by atoms with Gasteiger partial charge < -0.3 is 14.8 Å². The third-order valence-electron chi connectivity index (χ3n) is 5.05. The van der Waals surface area contributed by atoms with Crippen molar-refractivity contribution in [3.8, 4) is 0 Å². The van der Waals surface area contributed by atoms with E-state index in [0.29, 0.717) is 22.5 Å². The van der Waals surface area contributed by atoms with Gasteiger partial charge in [0.1, 0.15) is 11.6 Å². The molecule has 35 heavy (non-hydrogen) atoms. The van der Waals surface area contributed by atoms with Gasteiger partial charge in [-0.25, -0.2) is 9.59 Å². The van der Waals surface area contributed by atoms with Crippen LogP contribution in [0.2, 0.25) is 0 Å². The summed E-state index contributed by atoms with van der Waals surface area (Å²) in [4.78, 5) is 37.9. The number of methoxy groups -OCH3 is 1. The highest BCUT2D eigenvalue weighted by Gasteiger charge is 2.32. The van der Waals surface area contributed by atoms with Crippen LogP contribution < -0.4 is 5.32 Å². The largest absolute Gasteiger partial charge is 0.467 e. The molecule has 0 spiro atoms. The van der Waals surface area contributed by atoms with Crippen LogP contribution in [0, 0.1) is 0 Å². The van der Waals surface area contributed by atoms with Crippen molar-refractivity contribution in [3.63, 3.8) is 0 Å². The highest BCUT2D eigenvalue weighted by molar-refractivity contribution is 5.97. The summed E-state index contributed by atoms with van der Waals surface area (Å²) in [7, 11) is 1.13. The zero-order valence-electron chi connectivity index (χ0n) is 19.6. The van der Waals surface area contributed by atoms with E-state index in [9.17, 15) is 27.6 Å². The van der Waals surface area contributed by atoms with Gasteiger partial charge in [-0.3, -0.25) is 9.36 Å². The first-order chi connectivity index (χ1) is 16.3. The van der Waals surface area contributed by atoms with Crippen molar-refractivity contribution in [1.82, 2.24) is 9.88 Å². The Hall–Kier alpha value is -3.82. The molecule has 0 aliphatic rings. The number of rotatable bonds is 5. The number of ether oxygens (including phenoxy) is 2. The van der Waals surface area contributed by atoms with E-state index in [1.54, 1.807) is 45.0 Å². The van der Waals surface area contributed by atoms with Crippen molar-refractivity contribution in [1.29, 1.82) is 0 Å². The number of hydrogen-bond donors (Lipinski definition) is 1. The van der Waals surface area contributed by atoms with Gasteiger partial charge in [0.05, 0.1) is 18.2 Å².